The lowest BCUT2D eigenvalue weighted by Crippen LogP contribution is -2.61. The Kier molecular flexibility index (Phi) is 3.25. The molecule has 0 amide bonds. The highest BCUT2D eigenvalue weighted by atomic mass is 17.3. The van der Waals surface area contributed by atoms with Gasteiger partial charge >= 0.3 is 5.69 Å². The molecule has 1 aromatic heterocycles. The summed E-state index contributed by atoms with van der Waals surface area (Å²) in [5.41, 5.74) is 5.76. The third-order valence-electron chi connectivity index (χ3n) is 3.93. The Labute approximate surface area is 115 Å². The molecule has 2 unspecified atom stereocenters. The maximum absolute atomic E-state index is 12.0. The second kappa shape index (κ2) is 4.81. The molecule has 2 aliphatic heterocycles. The molecule has 1 aromatic rings. The van der Waals surface area contributed by atoms with Crippen molar-refractivity contribution in [2.24, 2.45) is 5.92 Å². The molecule has 2 saturated heterocycles. The van der Waals surface area contributed by atoms with Crippen molar-refractivity contribution in [2.45, 2.75) is 38.4 Å². The molecule has 0 spiro atoms. The third-order valence-corrected chi connectivity index (χ3v) is 3.93. The van der Waals surface area contributed by atoms with Crippen LogP contribution in [0.25, 0.3) is 0 Å². The average molecular weight is 283 g/mol. The van der Waals surface area contributed by atoms with Crippen LogP contribution in [-0.2, 0) is 14.5 Å². The van der Waals surface area contributed by atoms with Crippen molar-refractivity contribution in [1.82, 2.24) is 9.55 Å². The molecule has 0 aromatic carbocycles. The lowest BCUT2D eigenvalue weighted by molar-refractivity contribution is -0.514. The van der Waals surface area contributed by atoms with Crippen molar-refractivity contribution in [1.29, 1.82) is 0 Å². The van der Waals surface area contributed by atoms with Gasteiger partial charge in [-0.3, -0.25) is 4.57 Å². The zero-order chi connectivity index (χ0) is 14.4. The van der Waals surface area contributed by atoms with Crippen LogP contribution in [0, 0.1) is 12.8 Å². The Balaban J connectivity index is 1.97. The molecule has 2 aliphatic rings. The van der Waals surface area contributed by atoms with Crippen molar-refractivity contribution in [3.05, 3.63) is 22.2 Å². The summed E-state index contributed by atoms with van der Waals surface area (Å²) in [7, 11) is 0. The minimum atomic E-state index is -0.679. The standard InChI is InChI=1S/C12H17N3O5/c1-5-3-15(12(17)14-10(5)13)11-9-8(19-20-9)6(2)7(4-16)18-11/h3,6-9,11,16H,4H2,1-2H3,(H2,13,14,17)/t6-,7?,8?,9+,11-/m1/s1. The maximum Gasteiger partial charge on any atom is 0.351 e. The SMILES string of the molecule is Cc1cn([C@@H]2OC(CO)[C@@H](C)C3OO[C@@H]32)c(=O)nc1N. The monoisotopic (exact) mass is 283 g/mol. The molecule has 0 aliphatic carbocycles. The van der Waals surface area contributed by atoms with Gasteiger partial charge in [-0.25, -0.2) is 14.6 Å². The highest BCUT2D eigenvalue weighted by Crippen LogP contribution is 2.40. The van der Waals surface area contributed by atoms with E-state index in [1.165, 1.54) is 4.57 Å². The second-order valence-electron chi connectivity index (χ2n) is 5.23. The van der Waals surface area contributed by atoms with Gasteiger partial charge in [0.05, 0.1) is 12.7 Å². The lowest BCUT2D eigenvalue weighted by Gasteiger charge is -2.49. The number of aliphatic hydroxyl groups is 1. The summed E-state index contributed by atoms with van der Waals surface area (Å²) in [6.07, 6.45) is -0.124. The summed E-state index contributed by atoms with van der Waals surface area (Å²) >= 11 is 0. The van der Waals surface area contributed by atoms with Crippen LogP contribution in [0.15, 0.2) is 11.0 Å². The fourth-order valence-electron chi connectivity index (χ4n) is 2.57. The number of aromatic nitrogens is 2. The second-order valence-corrected chi connectivity index (χ2v) is 5.23. The molecule has 20 heavy (non-hydrogen) atoms. The first-order valence-corrected chi connectivity index (χ1v) is 6.46. The average Bonchev–Trinajstić information content (AvgIpc) is 2.36. The Morgan fingerprint density at radius 2 is 2.15 bits per heavy atom. The summed E-state index contributed by atoms with van der Waals surface area (Å²) in [4.78, 5) is 25.9. The first-order valence-electron chi connectivity index (χ1n) is 6.46. The highest BCUT2D eigenvalue weighted by molar-refractivity contribution is 5.35. The van der Waals surface area contributed by atoms with Crippen LogP contribution in [0.2, 0.25) is 0 Å². The molecule has 110 valence electrons. The van der Waals surface area contributed by atoms with Crippen LogP contribution in [0.4, 0.5) is 5.82 Å². The predicted molar refractivity (Wildman–Crippen MR) is 67.6 cm³/mol. The van der Waals surface area contributed by atoms with Gasteiger partial charge in [-0.05, 0) is 6.92 Å². The fourth-order valence-corrected chi connectivity index (χ4v) is 2.57. The predicted octanol–water partition coefficient (Wildman–Crippen LogP) is -0.641. The Hall–Kier alpha value is -1.48. The summed E-state index contributed by atoms with van der Waals surface area (Å²) in [5.74, 6) is 0.171. The number of nitrogens with two attached hydrogens (primary N) is 1. The van der Waals surface area contributed by atoms with Crippen LogP contribution in [0.5, 0.6) is 0 Å². The molecule has 3 N–H and O–H groups in total. The van der Waals surface area contributed by atoms with Gasteiger partial charge in [0, 0.05) is 17.7 Å². The van der Waals surface area contributed by atoms with Gasteiger partial charge < -0.3 is 15.6 Å². The molecule has 0 radical (unpaired) electrons. The number of aryl methyl sites for hydroxylation is 1. The Bertz CT molecular complexity index is 571. The van der Waals surface area contributed by atoms with Crippen molar-refractivity contribution in [2.75, 3.05) is 12.3 Å². The summed E-state index contributed by atoms with van der Waals surface area (Å²) in [6.45, 7) is 3.51. The normalized spacial score (nSPS) is 36.2. The summed E-state index contributed by atoms with van der Waals surface area (Å²) in [6, 6.07) is 0. The van der Waals surface area contributed by atoms with Crippen LogP contribution in [-0.4, -0.2) is 39.6 Å². The van der Waals surface area contributed by atoms with Crippen LogP contribution < -0.4 is 11.4 Å². The van der Waals surface area contributed by atoms with E-state index in [0.29, 0.717) is 5.56 Å². The van der Waals surface area contributed by atoms with E-state index in [1.807, 2.05) is 6.92 Å². The molecular formula is C12H17N3O5. The molecule has 0 bridgehead atoms. The van der Waals surface area contributed by atoms with E-state index in [9.17, 15) is 9.90 Å². The molecule has 3 heterocycles. The molecule has 2 fully saturated rings. The van der Waals surface area contributed by atoms with E-state index in [2.05, 4.69) is 4.98 Å². The smallest absolute Gasteiger partial charge is 0.351 e. The summed E-state index contributed by atoms with van der Waals surface area (Å²) in [5, 5.41) is 9.38. The topological polar surface area (TPSA) is 109 Å². The first-order chi connectivity index (χ1) is 9.52. The number of nitrogen functional groups attached to an aromatic ring is 1. The van der Waals surface area contributed by atoms with Crippen molar-refractivity contribution >= 4 is 5.82 Å². The molecule has 0 saturated carbocycles. The van der Waals surface area contributed by atoms with E-state index < -0.39 is 24.1 Å². The van der Waals surface area contributed by atoms with Crippen LogP contribution in [0.1, 0.15) is 18.7 Å². The number of anilines is 1. The highest BCUT2D eigenvalue weighted by Gasteiger charge is 2.53. The first kappa shape index (κ1) is 13.5. The quantitative estimate of drug-likeness (QED) is 0.695. The number of hydrogen-bond donors (Lipinski definition) is 2. The zero-order valence-corrected chi connectivity index (χ0v) is 11.2. The number of fused-ring (bicyclic) bond motifs is 1. The molecule has 8 nitrogen and oxygen atoms in total. The molecular weight excluding hydrogens is 266 g/mol. The third kappa shape index (κ3) is 1.92. The van der Waals surface area contributed by atoms with E-state index in [0.717, 1.165) is 0 Å². The van der Waals surface area contributed by atoms with Gasteiger partial charge in [0.1, 0.15) is 11.9 Å². The van der Waals surface area contributed by atoms with Gasteiger partial charge in [-0.2, -0.15) is 4.98 Å². The van der Waals surface area contributed by atoms with Gasteiger partial charge in [0.2, 0.25) is 0 Å². The number of hydrogen-bond acceptors (Lipinski definition) is 7. The Morgan fingerprint density at radius 3 is 2.75 bits per heavy atom. The van der Waals surface area contributed by atoms with Crippen LogP contribution in [0.3, 0.4) is 0 Å². The zero-order valence-electron chi connectivity index (χ0n) is 11.2. The molecule has 3 rings (SSSR count). The van der Waals surface area contributed by atoms with Crippen molar-refractivity contribution < 1.29 is 19.6 Å². The minimum Gasteiger partial charge on any atom is -0.394 e. The summed E-state index contributed by atoms with van der Waals surface area (Å²) < 4.78 is 7.10. The molecule has 5 atom stereocenters. The van der Waals surface area contributed by atoms with Gasteiger partial charge in [-0.15, -0.1) is 0 Å². The Morgan fingerprint density at radius 1 is 1.45 bits per heavy atom. The van der Waals surface area contributed by atoms with E-state index in [4.69, 9.17) is 20.2 Å². The lowest BCUT2D eigenvalue weighted by atomic mass is 9.89. The fraction of sp³-hybridized carbons (Fsp3) is 0.667. The van der Waals surface area contributed by atoms with E-state index in [-0.39, 0.29) is 24.4 Å². The number of nitrogens with zero attached hydrogens (tertiary/aromatic N) is 2. The number of ether oxygens (including phenoxy) is 1. The van der Waals surface area contributed by atoms with Gasteiger partial charge in [0.25, 0.3) is 0 Å². The number of rotatable bonds is 2. The van der Waals surface area contributed by atoms with Gasteiger partial charge in [0.15, 0.2) is 12.3 Å². The van der Waals surface area contributed by atoms with Crippen molar-refractivity contribution in [3.8, 4) is 0 Å². The van der Waals surface area contributed by atoms with E-state index >= 15 is 0 Å². The minimum absolute atomic E-state index is 0.0199. The van der Waals surface area contributed by atoms with Crippen LogP contribution >= 0.6 is 0 Å². The maximum atomic E-state index is 12.0. The van der Waals surface area contributed by atoms with Crippen molar-refractivity contribution in [3.63, 3.8) is 0 Å². The largest absolute Gasteiger partial charge is 0.394 e. The number of aliphatic hydroxyl groups excluding tert-OH is 1. The molecule has 8 heteroatoms. The van der Waals surface area contributed by atoms with Gasteiger partial charge in [-0.1, -0.05) is 6.92 Å². The van der Waals surface area contributed by atoms with E-state index in [1.54, 1.807) is 13.1 Å².